The van der Waals surface area contributed by atoms with Crippen LogP contribution >= 0.6 is 11.3 Å². The van der Waals surface area contributed by atoms with Crippen molar-refractivity contribution in [1.29, 1.82) is 0 Å². The average Bonchev–Trinajstić information content (AvgIpc) is 2.96. The lowest BCUT2D eigenvalue weighted by atomic mass is 10.1. The minimum absolute atomic E-state index is 0.242. The molecule has 1 aromatic rings. The van der Waals surface area contributed by atoms with Crippen LogP contribution < -0.4 is 5.32 Å². The number of nitrogens with zero attached hydrogens (tertiary/aromatic N) is 1. The fraction of sp³-hybridized carbons (Fsp3) is 0.733. The van der Waals surface area contributed by atoms with Gasteiger partial charge >= 0.3 is 0 Å². The lowest BCUT2D eigenvalue weighted by Crippen LogP contribution is -2.39. The summed E-state index contributed by atoms with van der Waals surface area (Å²) in [5.41, 5.74) is 1.72. The van der Waals surface area contributed by atoms with Crippen molar-refractivity contribution in [3.05, 3.63) is 22.4 Å². The summed E-state index contributed by atoms with van der Waals surface area (Å²) in [5, 5.41) is 8.10. The Kier molecular flexibility index (Phi) is 4.46. The first-order valence-electron chi connectivity index (χ1n) is 6.97. The molecule has 0 spiro atoms. The van der Waals surface area contributed by atoms with Gasteiger partial charge in [0.05, 0.1) is 0 Å². The van der Waals surface area contributed by atoms with Gasteiger partial charge in [-0.3, -0.25) is 4.90 Å². The van der Waals surface area contributed by atoms with Crippen LogP contribution in [0.4, 0.5) is 0 Å². The average molecular weight is 266 g/mol. The highest BCUT2D eigenvalue weighted by atomic mass is 32.1. The molecule has 0 bridgehead atoms. The van der Waals surface area contributed by atoms with Gasteiger partial charge in [-0.2, -0.15) is 11.3 Å². The molecular formula is C15H26N2S. The summed E-state index contributed by atoms with van der Waals surface area (Å²) in [5.74, 6) is 0.810. The van der Waals surface area contributed by atoms with Crippen molar-refractivity contribution in [2.75, 3.05) is 19.6 Å². The summed E-state index contributed by atoms with van der Waals surface area (Å²) < 4.78 is 0. The summed E-state index contributed by atoms with van der Waals surface area (Å²) >= 11 is 1.80. The van der Waals surface area contributed by atoms with Crippen molar-refractivity contribution in [3.8, 4) is 0 Å². The second-order valence-electron chi connectivity index (χ2n) is 6.51. The number of hydrogen-bond acceptors (Lipinski definition) is 3. The van der Waals surface area contributed by atoms with E-state index in [-0.39, 0.29) is 5.54 Å². The molecule has 18 heavy (non-hydrogen) atoms. The van der Waals surface area contributed by atoms with Gasteiger partial charge in [-0.1, -0.05) is 0 Å². The van der Waals surface area contributed by atoms with Crippen molar-refractivity contribution in [1.82, 2.24) is 10.2 Å². The molecule has 0 amide bonds. The highest BCUT2D eigenvalue weighted by Crippen LogP contribution is 2.28. The van der Waals surface area contributed by atoms with Gasteiger partial charge < -0.3 is 5.32 Å². The third-order valence-corrected chi connectivity index (χ3v) is 4.51. The molecule has 0 aromatic carbocycles. The number of nitrogens with one attached hydrogen (secondary N) is 1. The maximum absolute atomic E-state index is 3.63. The molecule has 2 atom stereocenters. The zero-order valence-electron chi connectivity index (χ0n) is 12.1. The zero-order chi connectivity index (χ0) is 13.2. The molecule has 1 fully saturated rings. The number of likely N-dealkylation sites (tertiary alicyclic amines) is 1. The molecule has 1 aliphatic heterocycles. The van der Waals surface area contributed by atoms with Gasteiger partial charge in [-0.05, 0) is 75.5 Å². The Morgan fingerprint density at radius 3 is 2.89 bits per heavy atom. The minimum atomic E-state index is 0.242. The SMILES string of the molecule is CC(c1ccsc1)N1CCC(CNC(C)(C)C)C1. The summed E-state index contributed by atoms with van der Waals surface area (Å²) in [6, 6.07) is 2.84. The van der Waals surface area contributed by atoms with Crippen molar-refractivity contribution >= 4 is 11.3 Å². The fourth-order valence-corrected chi connectivity index (χ4v) is 3.30. The molecular weight excluding hydrogens is 240 g/mol. The van der Waals surface area contributed by atoms with Crippen molar-refractivity contribution in [2.45, 2.75) is 45.7 Å². The van der Waals surface area contributed by atoms with Crippen molar-refractivity contribution in [2.24, 2.45) is 5.92 Å². The highest BCUT2D eigenvalue weighted by Gasteiger charge is 2.27. The van der Waals surface area contributed by atoms with E-state index in [0.29, 0.717) is 6.04 Å². The molecule has 2 rings (SSSR count). The van der Waals surface area contributed by atoms with Gasteiger partial charge in [-0.25, -0.2) is 0 Å². The Labute approximate surface area is 115 Å². The van der Waals surface area contributed by atoms with E-state index >= 15 is 0 Å². The predicted molar refractivity (Wildman–Crippen MR) is 80.2 cm³/mol. The summed E-state index contributed by atoms with van der Waals surface area (Å²) in [6.45, 7) is 12.7. The highest BCUT2D eigenvalue weighted by molar-refractivity contribution is 7.07. The van der Waals surface area contributed by atoms with Crippen LogP contribution in [0.2, 0.25) is 0 Å². The molecule has 0 radical (unpaired) electrons. The van der Waals surface area contributed by atoms with Gasteiger partial charge in [0.25, 0.3) is 0 Å². The maximum atomic E-state index is 3.63. The fourth-order valence-electron chi connectivity index (χ4n) is 2.56. The largest absolute Gasteiger partial charge is 0.312 e. The Hall–Kier alpha value is -0.380. The second kappa shape index (κ2) is 5.72. The number of thiophene rings is 1. The van der Waals surface area contributed by atoms with Crippen LogP contribution in [-0.4, -0.2) is 30.1 Å². The molecule has 2 heterocycles. The lowest BCUT2D eigenvalue weighted by Gasteiger charge is -2.25. The van der Waals surface area contributed by atoms with E-state index < -0.39 is 0 Å². The zero-order valence-corrected chi connectivity index (χ0v) is 12.9. The molecule has 2 unspecified atom stereocenters. The third kappa shape index (κ3) is 3.81. The smallest absolute Gasteiger partial charge is 0.0328 e. The maximum Gasteiger partial charge on any atom is 0.0328 e. The molecule has 1 aromatic heterocycles. The minimum Gasteiger partial charge on any atom is -0.312 e. The Bertz CT molecular complexity index is 353. The van der Waals surface area contributed by atoms with E-state index in [1.54, 1.807) is 11.3 Å². The predicted octanol–water partition coefficient (Wildman–Crippen LogP) is 3.52. The van der Waals surface area contributed by atoms with Crippen LogP contribution in [0.3, 0.4) is 0 Å². The van der Waals surface area contributed by atoms with Crippen molar-refractivity contribution in [3.63, 3.8) is 0 Å². The van der Waals surface area contributed by atoms with Crippen molar-refractivity contribution < 1.29 is 0 Å². The van der Waals surface area contributed by atoms with E-state index in [1.165, 1.54) is 25.1 Å². The Morgan fingerprint density at radius 1 is 1.50 bits per heavy atom. The van der Waals surface area contributed by atoms with Crippen LogP contribution in [0.1, 0.15) is 45.7 Å². The van der Waals surface area contributed by atoms with E-state index in [2.05, 4.69) is 54.7 Å². The first-order chi connectivity index (χ1) is 8.46. The molecule has 1 saturated heterocycles. The van der Waals surface area contributed by atoms with E-state index in [0.717, 1.165) is 12.5 Å². The molecule has 102 valence electrons. The topological polar surface area (TPSA) is 15.3 Å². The van der Waals surface area contributed by atoms with E-state index in [4.69, 9.17) is 0 Å². The van der Waals surface area contributed by atoms with Crippen LogP contribution in [0.15, 0.2) is 16.8 Å². The van der Waals surface area contributed by atoms with Crippen LogP contribution in [0.25, 0.3) is 0 Å². The van der Waals surface area contributed by atoms with E-state index in [9.17, 15) is 0 Å². The molecule has 0 saturated carbocycles. The first-order valence-corrected chi connectivity index (χ1v) is 7.91. The monoisotopic (exact) mass is 266 g/mol. The standard InChI is InChI=1S/C15H26N2S/c1-12(14-6-8-18-11-14)17-7-5-13(10-17)9-16-15(2,3)4/h6,8,11-13,16H,5,7,9-10H2,1-4H3. The van der Waals surface area contributed by atoms with Crippen LogP contribution in [0.5, 0.6) is 0 Å². The molecule has 2 nitrogen and oxygen atoms in total. The van der Waals surface area contributed by atoms with Crippen LogP contribution in [0, 0.1) is 5.92 Å². The Morgan fingerprint density at radius 2 is 2.28 bits per heavy atom. The number of hydrogen-bond donors (Lipinski definition) is 1. The van der Waals surface area contributed by atoms with Gasteiger partial charge in [0, 0.05) is 18.1 Å². The summed E-state index contributed by atoms with van der Waals surface area (Å²) in [6.07, 6.45) is 1.33. The number of rotatable bonds is 4. The Balaban J connectivity index is 1.81. The molecule has 1 aliphatic rings. The van der Waals surface area contributed by atoms with Gasteiger partial charge in [0.2, 0.25) is 0 Å². The van der Waals surface area contributed by atoms with Gasteiger partial charge in [-0.15, -0.1) is 0 Å². The molecule has 3 heteroatoms. The molecule has 0 aliphatic carbocycles. The van der Waals surface area contributed by atoms with Gasteiger partial charge in [0.1, 0.15) is 0 Å². The van der Waals surface area contributed by atoms with E-state index in [1.807, 2.05) is 0 Å². The second-order valence-corrected chi connectivity index (χ2v) is 7.29. The van der Waals surface area contributed by atoms with Gasteiger partial charge in [0.15, 0.2) is 0 Å². The molecule has 1 N–H and O–H groups in total. The normalized spacial score (nSPS) is 23.4. The third-order valence-electron chi connectivity index (χ3n) is 3.81. The van der Waals surface area contributed by atoms with Crippen LogP contribution in [-0.2, 0) is 0 Å². The first kappa shape index (κ1) is 14.0. The quantitative estimate of drug-likeness (QED) is 0.897. The lowest BCUT2D eigenvalue weighted by molar-refractivity contribution is 0.249. The summed E-state index contributed by atoms with van der Waals surface area (Å²) in [4.78, 5) is 2.62. The summed E-state index contributed by atoms with van der Waals surface area (Å²) in [7, 11) is 0.